The summed E-state index contributed by atoms with van der Waals surface area (Å²) in [6, 6.07) is 0. The van der Waals surface area contributed by atoms with Gasteiger partial charge in [0.05, 0.1) is 0 Å². The second-order valence-electron chi connectivity index (χ2n) is 7.54. The molecule has 0 saturated carbocycles. The van der Waals surface area contributed by atoms with Crippen LogP contribution in [-0.4, -0.2) is 11.1 Å². The molecule has 0 spiro atoms. The molecule has 0 aliphatic carbocycles. The zero-order valence-corrected chi connectivity index (χ0v) is 12.1. The van der Waals surface area contributed by atoms with Crippen molar-refractivity contribution in [2.24, 2.45) is 16.7 Å². The van der Waals surface area contributed by atoms with Crippen molar-refractivity contribution in [3.63, 3.8) is 0 Å². The highest BCUT2D eigenvalue weighted by Gasteiger charge is 2.58. The van der Waals surface area contributed by atoms with Crippen LogP contribution in [0.4, 0.5) is 0 Å². The maximum atomic E-state index is 3.84. The van der Waals surface area contributed by atoms with E-state index in [-0.39, 0.29) is 11.1 Å². The Morgan fingerprint density at radius 2 is 0.933 bits per heavy atom. The molecule has 0 radical (unpaired) electrons. The minimum Gasteiger partial charge on any atom is -0.306 e. The first-order chi connectivity index (χ1) is 6.36. The molecule has 1 rings (SSSR count). The molecule has 0 aromatic rings. The molecule has 0 unspecified atom stereocenters. The van der Waals surface area contributed by atoms with Crippen LogP contribution < -0.4 is 5.32 Å². The highest BCUT2D eigenvalue weighted by Crippen LogP contribution is 2.55. The van der Waals surface area contributed by atoms with Crippen molar-refractivity contribution in [3.05, 3.63) is 0 Å². The van der Waals surface area contributed by atoms with Gasteiger partial charge in [0.1, 0.15) is 0 Å². The van der Waals surface area contributed by atoms with Crippen LogP contribution in [0, 0.1) is 16.7 Å². The number of hydrogen-bond acceptors (Lipinski definition) is 1. The summed E-state index contributed by atoms with van der Waals surface area (Å²) < 4.78 is 0. The van der Waals surface area contributed by atoms with Crippen LogP contribution in [0.25, 0.3) is 0 Å². The van der Waals surface area contributed by atoms with Gasteiger partial charge >= 0.3 is 0 Å². The maximum absolute atomic E-state index is 3.84. The van der Waals surface area contributed by atoms with E-state index in [1.807, 2.05) is 0 Å². The van der Waals surface area contributed by atoms with Gasteiger partial charge in [-0.25, -0.2) is 0 Å². The minimum absolute atomic E-state index is 0.186. The van der Waals surface area contributed by atoms with Crippen molar-refractivity contribution in [1.29, 1.82) is 0 Å². The van der Waals surface area contributed by atoms with Gasteiger partial charge in [0, 0.05) is 11.1 Å². The summed E-state index contributed by atoms with van der Waals surface area (Å²) in [5, 5.41) is 3.84. The van der Waals surface area contributed by atoms with E-state index in [1.165, 1.54) is 0 Å². The van der Waals surface area contributed by atoms with Crippen molar-refractivity contribution in [2.45, 2.75) is 73.4 Å². The summed E-state index contributed by atoms with van der Waals surface area (Å²) in [7, 11) is 0. The Hall–Kier alpha value is -0.0400. The van der Waals surface area contributed by atoms with Crippen molar-refractivity contribution >= 4 is 0 Å². The Labute approximate surface area is 96.0 Å². The smallest absolute Gasteiger partial charge is 0.0184 e. The highest BCUT2D eigenvalue weighted by molar-refractivity contribution is 5.13. The Bertz CT molecular complexity index is 233. The lowest BCUT2D eigenvalue weighted by molar-refractivity contribution is -0.102. The molecule has 1 aliphatic heterocycles. The number of piperidine rings is 1. The fraction of sp³-hybridized carbons (Fsp3) is 1.00. The zero-order valence-electron chi connectivity index (χ0n) is 12.1. The average molecular weight is 211 g/mol. The van der Waals surface area contributed by atoms with Crippen molar-refractivity contribution < 1.29 is 0 Å². The van der Waals surface area contributed by atoms with E-state index in [4.69, 9.17) is 0 Å². The monoisotopic (exact) mass is 211 g/mol. The van der Waals surface area contributed by atoms with E-state index in [2.05, 4.69) is 67.6 Å². The Morgan fingerprint density at radius 3 is 1.20 bits per heavy atom. The van der Waals surface area contributed by atoms with Crippen molar-refractivity contribution in [1.82, 2.24) is 5.32 Å². The maximum Gasteiger partial charge on any atom is 0.0184 e. The molecule has 90 valence electrons. The first-order valence-corrected chi connectivity index (χ1v) is 6.15. The average Bonchev–Trinajstić information content (AvgIpc) is 1.98. The van der Waals surface area contributed by atoms with Gasteiger partial charge in [0.25, 0.3) is 0 Å². The van der Waals surface area contributed by atoms with Gasteiger partial charge in [-0.15, -0.1) is 0 Å². The predicted molar refractivity (Wildman–Crippen MR) is 68.0 cm³/mol. The molecular weight excluding hydrogens is 182 g/mol. The van der Waals surface area contributed by atoms with Gasteiger partial charge in [0.2, 0.25) is 0 Å². The second-order valence-corrected chi connectivity index (χ2v) is 7.54. The van der Waals surface area contributed by atoms with Crippen LogP contribution in [-0.2, 0) is 0 Å². The standard InChI is InChI=1S/C14H29N/c1-10-11(2,3)13(6,7)15-14(8,9)12(10,4)5/h10,15H,1-9H3. The minimum atomic E-state index is 0.186. The summed E-state index contributed by atoms with van der Waals surface area (Å²) in [6.07, 6.45) is 0. The highest BCUT2D eigenvalue weighted by atomic mass is 15.1. The molecule has 1 heteroatoms. The fourth-order valence-electron chi connectivity index (χ4n) is 3.09. The van der Waals surface area contributed by atoms with Crippen LogP contribution >= 0.6 is 0 Å². The summed E-state index contributed by atoms with van der Waals surface area (Å²) >= 11 is 0. The molecule has 0 amide bonds. The lowest BCUT2D eigenvalue weighted by Gasteiger charge is -2.64. The molecule has 1 saturated heterocycles. The van der Waals surface area contributed by atoms with E-state index in [1.54, 1.807) is 0 Å². The van der Waals surface area contributed by atoms with Crippen LogP contribution in [0.15, 0.2) is 0 Å². The van der Waals surface area contributed by atoms with E-state index >= 15 is 0 Å². The molecule has 15 heavy (non-hydrogen) atoms. The normalized spacial score (nSPS) is 32.6. The molecule has 0 atom stereocenters. The summed E-state index contributed by atoms with van der Waals surface area (Å²) in [5.41, 5.74) is 0.995. The second kappa shape index (κ2) is 3.00. The number of rotatable bonds is 0. The third kappa shape index (κ3) is 1.54. The number of nitrogens with one attached hydrogen (secondary N) is 1. The molecule has 1 N–H and O–H groups in total. The molecule has 0 aromatic heterocycles. The van der Waals surface area contributed by atoms with E-state index in [0.29, 0.717) is 16.7 Å². The van der Waals surface area contributed by atoms with E-state index < -0.39 is 0 Å². The summed E-state index contributed by atoms with van der Waals surface area (Å²) in [5.74, 6) is 0.691. The molecule has 1 aliphatic rings. The number of hydrogen-bond donors (Lipinski definition) is 1. The Kier molecular flexibility index (Phi) is 2.60. The van der Waals surface area contributed by atoms with Crippen molar-refractivity contribution in [2.75, 3.05) is 0 Å². The van der Waals surface area contributed by atoms with Gasteiger partial charge in [0.15, 0.2) is 0 Å². The van der Waals surface area contributed by atoms with Crippen molar-refractivity contribution in [3.8, 4) is 0 Å². The van der Waals surface area contributed by atoms with Gasteiger partial charge in [-0.3, -0.25) is 0 Å². The summed E-state index contributed by atoms with van der Waals surface area (Å²) in [6.45, 7) is 21.3. The van der Waals surface area contributed by atoms with Gasteiger partial charge in [-0.2, -0.15) is 0 Å². The third-order valence-electron chi connectivity index (χ3n) is 6.01. The lowest BCUT2D eigenvalue weighted by atomic mass is 9.49. The third-order valence-corrected chi connectivity index (χ3v) is 6.01. The first-order valence-electron chi connectivity index (χ1n) is 6.15. The van der Waals surface area contributed by atoms with Crippen LogP contribution in [0.3, 0.4) is 0 Å². The predicted octanol–water partition coefficient (Wildman–Crippen LogP) is 3.84. The van der Waals surface area contributed by atoms with Crippen LogP contribution in [0.2, 0.25) is 0 Å². The van der Waals surface area contributed by atoms with Gasteiger partial charge in [-0.1, -0.05) is 34.6 Å². The zero-order chi connectivity index (χ0) is 12.3. The lowest BCUT2D eigenvalue weighted by Crippen LogP contribution is -2.73. The quantitative estimate of drug-likeness (QED) is 0.642. The Morgan fingerprint density at radius 1 is 0.667 bits per heavy atom. The molecule has 1 nitrogen and oxygen atoms in total. The topological polar surface area (TPSA) is 12.0 Å². The molecular formula is C14H29N. The SMILES string of the molecule is CC1C(C)(C)C(C)(C)NC(C)(C)C1(C)C. The molecule has 0 bridgehead atoms. The fourth-order valence-corrected chi connectivity index (χ4v) is 3.09. The first kappa shape index (κ1) is 13.0. The van der Waals surface area contributed by atoms with Crippen LogP contribution in [0.1, 0.15) is 62.3 Å². The molecule has 1 heterocycles. The van der Waals surface area contributed by atoms with Gasteiger partial charge in [-0.05, 0) is 44.4 Å². The molecule has 1 fully saturated rings. The van der Waals surface area contributed by atoms with E-state index in [9.17, 15) is 0 Å². The molecule has 0 aromatic carbocycles. The Balaban J connectivity index is 3.24. The largest absolute Gasteiger partial charge is 0.306 e. The van der Waals surface area contributed by atoms with E-state index in [0.717, 1.165) is 0 Å². The van der Waals surface area contributed by atoms with Gasteiger partial charge < -0.3 is 5.32 Å². The van der Waals surface area contributed by atoms with Crippen LogP contribution in [0.5, 0.6) is 0 Å². The summed E-state index contributed by atoms with van der Waals surface area (Å²) in [4.78, 5) is 0.